The summed E-state index contributed by atoms with van der Waals surface area (Å²) in [6, 6.07) is 3.45. The Kier molecular flexibility index (Phi) is 4.72. The number of amides is 1. The van der Waals surface area contributed by atoms with E-state index < -0.39 is 13.0 Å². The number of alkyl halides is 2. The highest BCUT2D eigenvalue weighted by Gasteiger charge is 2.31. The van der Waals surface area contributed by atoms with Gasteiger partial charge in [0.25, 0.3) is 12.3 Å². The van der Waals surface area contributed by atoms with Gasteiger partial charge in [0.1, 0.15) is 18.3 Å². The first kappa shape index (κ1) is 16.1. The highest BCUT2D eigenvalue weighted by Crippen LogP contribution is 2.27. The van der Waals surface area contributed by atoms with Crippen molar-refractivity contribution in [3.63, 3.8) is 0 Å². The number of hydrogen-bond donors (Lipinski definition) is 0. The smallest absolute Gasteiger partial charge is 0.272 e. The van der Waals surface area contributed by atoms with E-state index in [4.69, 9.17) is 4.74 Å². The number of ether oxygens (including phenoxy) is 1. The minimum atomic E-state index is -2.55. The minimum Gasteiger partial charge on any atom is -0.367 e. The second-order valence-corrected chi connectivity index (χ2v) is 6.27. The monoisotopic (exact) mass is 341 g/mol. The summed E-state index contributed by atoms with van der Waals surface area (Å²) >= 11 is 1.57. The van der Waals surface area contributed by atoms with E-state index in [1.165, 1.54) is 12.3 Å². The van der Waals surface area contributed by atoms with Crippen LogP contribution in [0.5, 0.6) is 0 Å². The highest BCUT2D eigenvalue weighted by molar-refractivity contribution is 7.07. The molecular weight excluding hydrogens is 324 g/mol. The van der Waals surface area contributed by atoms with Crippen LogP contribution >= 0.6 is 11.3 Å². The van der Waals surface area contributed by atoms with Gasteiger partial charge in [0, 0.05) is 12.7 Å². The first-order valence-corrected chi connectivity index (χ1v) is 8.25. The normalized spacial score (nSPS) is 21.8. The van der Waals surface area contributed by atoms with Crippen molar-refractivity contribution in [1.82, 2.24) is 14.7 Å². The van der Waals surface area contributed by atoms with Gasteiger partial charge in [0.15, 0.2) is 0 Å². The Morgan fingerprint density at radius 3 is 3.00 bits per heavy atom. The Bertz CT molecular complexity index is 659. The summed E-state index contributed by atoms with van der Waals surface area (Å²) < 4.78 is 32.1. The Morgan fingerprint density at radius 2 is 2.30 bits per heavy atom. The summed E-state index contributed by atoms with van der Waals surface area (Å²) in [5.41, 5.74) is 1.21. The van der Waals surface area contributed by atoms with Gasteiger partial charge >= 0.3 is 0 Å². The van der Waals surface area contributed by atoms with Crippen molar-refractivity contribution < 1.29 is 18.3 Å². The summed E-state index contributed by atoms with van der Waals surface area (Å²) in [7, 11) is 0. The van der Waals surface area contributed by atoms with E-state index >= 15 is 0 Å². The van der Waals surface area contributed by atoms with Gasteiger partial charge in [-0.1, -0.05) is 0 Å². The van der Waals surface area contributed by atoms with E-state index in [1.54, 1.807) is 16.2 Å². The first-order valence-electron chi connectivity index (χ1n) is 7.31. The van der Waals surface area contributed by atoms with E-state index in [-0.39, 0.29) is 23.8 Å². The molecule has 3 rings (SSSR count). The van der Waals surface area contributed by atoms with Crippen molar-refractivity contribution in [1.29, 1.82) is 0 Å². The maximum Gasteiger partial charge on any atom is 0.272 e. The van der Waals surface area contributed by atoms with Gasteiger partial charge in [0.2, 0.25) is 0 Å². The SMILES string of the molecule is C[C@H]1CN(C(=O)c2ccnn2CC(F)F)C[C@@H](c2ccsc2)O1. The lowest BCUT2D eigenvalue weighted by atomic mass is 10.1. The predicted octanol–water partition coefficient (Wildman–Crippen LogP) is 2.81. The molecule has 0 aromatic carbocycles. The third-order valence-corrected chi connectivity index (χ3v) is 4.41. The van der Waals surface area contributed by atoms with Crippen LogP contribution in [-0.2, 0) is 11.3 Å². The second-order valence-electron chi connectivity index (χ2n) is 5.49. The van der Waals surface area contributed by atoms with Crippen LogP contribution in [0.25, 0.3) is 0 Å². The molecule has 0 unspecified atom stereocenters. The molecule has 2 aromatic rings. The fourth-order valence-electron chi connectivity index (χ4n) is 2.71. The van der Waals surface area contributed by atoms with Gasteiger partial charge in [0.05, 0.1) is 12.6 Å². The molecular formula is C15H17F2N3O2S. The number of carbonyl (C=O) groups is 1. The zero-order valence-corrected chi connectivity index (χ0v) is 13.4. The number of aromatic nitrogens is 2. The lowest BCUT2D eigenvalue weighted by Gasteiger charge is -2.36. The third-order valence-electron chi connectivity index (χ3n) is 3.71. The fourth-order valence-corrected chi connectivity index (χ4v) is 3.41. The predicted molar refractivity (Wildman–Crippen MR) is 81.7 cm³/mol. The fraction of sp³-hybridized carbons (Fsp3) is 0.467. The van der Waals surface area contributed by atoms with Gasteiger partial charge < -0.3 is 9.64 Å². The molecule has 0 N–H and O–H groups in total. The molecule has 0 aliphatic carbocycles. The van der Waals surface area contributed by atoms with E-state index in [1.807, 2.05) is 23.8 Å². The molecule has 3 heterocycles. The number of hydrogen-bond acceptors (Lipinski definition) is 4. The standard InChI is InChI=1S/C15H17F2N3O2S/c1-10-6-19(7-13(22-10)11-3-5-23-9-11)15(21)12-2-4-18-20(12)8-14(16)17/h2-5,9-10,13-14H,6-8H2,1H3/t10-,13-/m0/s1. The Balaban J connectivity index is 1.77. The van der Waals surface area contributed by atoms with Crippen molar-refractivity contribution in [2.24, 2.45) is 0 Å². The molecule has 0 spiro atoms. The van der Waals surface area contributed by atoms with E-state index in [0.29, 0.717) is 13.1 Å². The molecule has 2 aromatic heterocycles. The maximum absolute atomic E-state index is 12.7. The number of halogens is 2. The van der Waals surface area contributed by atoms with Crippen LogP contribution in [0.3, 0.4) is 0 Å². The van der Waals surface area contributed by atoms with Crippen LogP contribution in [0.1, 0.15) is 29.1 Å². The lowest BCUT2D eigenvalue weighted by molar-refractivity contribution is -0.0693. The van der Waals surface area contributed by atoms with Crippen LogP contribution in [0.4, 0.5) is 8.78 Å². The summed E-state index contributed by atoms with van der Waals surface area (Å²) in [5, 5.41) is 7.77. The summed E-state index contributed by atoms with van der Waals surface area (Å²) in [5.74, 6) is -0.293. The molecule has 8 heteroatoms. The van der Waals surface area contributed by atoms with Crippen molar-refractivity contribution in [3.05, 3.63) is 40.3 Å². The summed E-state index contributed by atoms with van der Waals surface area (Å²) in [4.78, 5) is 14.3. The topological polar surface area (TPSA) is 47.4 Å². The molecule has 1 fully saturated rings. The van der Waals surface area contributed by atoms with E-state index in [0.717, 1.165) is 10.2 Å². The van der Waals surface area contributed by atoms with Crippen LogP contribution < -0.4 is 0 Å². The number of morpholine rings is 1. The van der Waals surface area contributed by atoms with Crippen LogP contribution in [0.15, 0.2) is 29.1 Å². The lowest BCUT2D eigenvalue weighted by Crippen LogP contribution is -2.46. The Labute approximate surface area is 136 Å². The van der Waals surface area contributed by atoms with Gasteiger partial charge in [-0.05, 0) is 35.4 Å². The molecule has 124 valence electrons. The molecule has 1 aliphatic heterocycles. The number of carbonyl (C=O) groups excluding carboxylic acids is 1. The zero-order valence-electron chi connectivity index (χ0n) is 12.6. The van der Waals surface area contributed by atoms with Crippen molar-refractivity contribution >= 4 is 17.2 Å². The van der Waals surface area contributed by atoms with Gasteiger partial charge in [-0.3, -0.25) is 9.48 Å². The average molecular weight is 341 g/mol. The van der Waals surface area contributed by atoms with Crippen LogP contribution in [-0.4, -0.2) is 46.2 Å². The number of rotatable bonds is 4. The minimum absolute atomic E-state index is 0.121. The molecule has 2 atom stereocenters. The Hall–Kier alpha value is -1.80. The number of thiophene rings is 1. The highest BCUT2D eigenvalue weighted by atomic mass is 32.1. The van der Waals surface area contributed by atoms with Crippen molar-refractivity contribution in [2.45, 2.75) is 32.1 Å². The quantitative estimate of drug-likeness (QED) is 0.859. The largest absolute Gasteiger partial charge is 0.367 e. The molecule has 0 bridgehead atoms. The third kappa shape index (κ3) is 3.59. The molecule has 0 radical (unpaired) electrons. The summed E-state index contributed by atoms with van der Waals surface area (Å²) in [6.07, 6.45) is -1.50. The van der Waals surface area contributed by atoms with Gasteiger partial charge in [-0.25, -0.2) is 8.78 Å². The Morgan fingerprint density at radius 1 is 1.48 bits per heavy atom. The van der Waals surface area contributed by atoms with Crippen molar-refractivity contribution in [2.75, 3.05) is 13.1 Å². The molecule has 1 amide bonds. The average Bonchev–Trinajstić information content (AvgIpc) is 3.16. The van der Waals surface area contributed by atoms with E-state index in [9.17, 15) is 13.6 Å². The molecule has 5 nitrogen and oxygen atoms in total. The zero-order chi connectivity index (χ0) is 16.4. The van der Waals surface area contributed by atoms with Gasteiger partial charge in [-0.15, -0.1) is 0 Å². The molecule has 0 saturated carbocycles. The van der Waals surface area contributed by atoms with Crippen molar-refractivity contribution in [3.8, 4) is 0 Å². The van der Waals surface area contributed by atoms with Crippen LogP contribution in [0, 0.1) is 0 Å². The summed E-state index contributed by atoms with van der Waals surface area (Å²) in [6.45, 7) is 2.15. The second kappa shape index (κ2) is 6.76. The molecule has 1 aliphatic rings. The number of nitrogens with zero attached hydrogens (tertiary/aromatic N) is 3. The molecule has 23 heavy (non-hydrogen) atoms. The molecule has 1 saturated heterocycles. The van der Waals surface area contributed by atoms with Gasteiger partial charge in [-0.2, -0.15) is 16.4 Å². The first-order chi connectivity index (χ1) is 11.0. The van der Waals surface area contributed by atoms with E-state index in [2.05, 4.69) is 5.10 Å². The van der Waals surface area contributed by atoms with Crippen LogP contribution in [0.2, 0.25) is 0 Å². The maximum atomic E-state index is 12.7.